The molecule has 0 aliphatic carbocycles. The van der Waals surface area contributed by atoms with Gasteiger partial charge >= 0.3 is 0 Å². The molecule has 7 heteroatoms. The summed E-state index contributed by atoms with van der Waals surface area (Å²) in [5.41, 5.74) is 3.09. The van der Waals surface area contributed by atoms with Gasteiger partial charge < -0.3 is 9.88 Å². The minimum absolute atomic E-state index is 0.00450. The topological polar surface area (TPSA) is 81.1 Å². The lowest BCUT2D eigenvalue weighted by Gasteiger charge is -2.07. The van der Waals surface area contributed by atoms with Crippen molar-refractivity contribution in [1.29, 1.82) is 0 Å². The third kappa shape index (κ3) is 4.26. The van der Waals surface area contributed by atoms with E-state index in [0.717, 1.165) is 11.1 Å². The molecule has 0 unspecified atom stereocenters. The molecule has 4 aromatic rings. The van der Waals surface area contributed by atoms with Crippen LogP contribution < -0.4 is 5.32 Å². The van der Waals surface area contributed by atoms with E-state index in [1.165, 1.54) is 0 Å². The molecule has 0 saturated heterocycles. The number of hydrogen-bond acceptors (Lipinski definition) is 4. The lowest BCUT2D eigenvalue weighted by molar-refractivity contribution is -0.116. The average Bonchev–Trinajstić information content (AvgIpc) is 3.10. The van der Waals surface area contributed by atoms with E-state index in [1.807, 2.05) is 43.3 Å². The summed E-state index contributed by atoms with van der Waals surface area (Å²) >= 11 is 0. The number of benzene rings is 2. The molecule has 2 aromatic carbocycles. The Morgan fingerprint density at radius 1 is 1.03 bits per heavy atom. The Labute approximate surface area is 175 Å². The number of anilines is 1. The fourth-order valence-corrected chi connectivity index (χ4v) is 4.95. The second-order valence-corrected chi connectivity index (χ2v) is 9.13. The number of pyridine rings is 1. The minimum Gasteiger partial charge on any atom is -0.337 e. The van der Waals surface area contributed by atoms with Crippen molar-refractivity contribution < 1.29 is 13.2 Å². The van der Waals surface area contributed by atoms with E-state index in [-0.39, 0.29) is 23.1 Å². The predicted molar refractivity (Wildman–Crippen MR) is 117 cm³/mol. The lowest BCUT2D eigenvalue weighted by atomic mass is 10.2. The van der Waals surface area contributed by atoms with Crippen LogP contribution >= 0.6 is 0 Å². The number of hydrogen-bond donors (Lipinski definition) is 1. The Hall–Kier alpha value is -3.45. The molecular weight excluding hydrogens is 398 g/mol. The molecule has 0 atom stereocenters. The maximum absolute atomic E-state index is 13.2. The zero-order valence-corrected chi connectivity index (χ0v) is 17.3. The van der Waals surface area contributed by atoms with Crippen LogP contribution in [0.3, 0.4) is 0 Å². The first-order chi connectivity index (χ1) is 14.4. The van der Waals surface area contributed by atoms with Crippen molar-refractivity contribution in [3.8, 4) is 0 Å². The van der Waals surface area contributed by atoms with Crippen LogP contribution in [0.1, 0.15) is 11.1 Å². The molecule has 2 heterocycles. The normalized spacial score (nSPS) is 11.5. The van der Waals surface area contributed by atoms with Crippen LogP contribution in [0.15, 0.2) is 84.1 Å². The van der Waals surface area contributed by atoms with Gasteiger partial charge in [-0.1, -0.05) is 48.0 Å². The highest BCUT2D eigenvalue weighted by Gasteiger charge is 2.22. The van der Waals surface area contributed by atoms with Gasteiger partial charge in [-0.2, -0.15) is 0 Å². The molecule has 0 aliphatic rings. The molecule has 30 heavy (non-hydrogen) atoms. The molecule has 152 valence electrons. The second kappa shape index (κ2) is 8.12. The molecule has 0 radical (unpaired) electrons. The number of carbonyl (C=O) groups is 1. The second-order valence-electron chi connectivity index (χ2n) is 7.17. The van der Waals surface area contributed by atoms with Crippen LogP contribution in [0.25, 0.3) is 10.9 Å². The van der Waals surface area contributed by atoms with E-state index in [9.17, 15) is 13.2 Å². The van der Waals surface area contributed by atoms with E-state index in [1.54, 1.807) is 47.4 Å². The van der Waals surface area contributed by atoms with Crippen molar-refractivity contribution in [3.63, 3.8) is 0 Å². The number of fused-ring (bicyclic) bond motifs is 1. The molecule has 0 bridgehead atoms. The zero-order chi connectivity index (χ0) is 21.1. The number of para-hydroxylation sites is 1. The quantitative estimate of drug-likeness (QED) is 0.513. The van der Waals surface area contributed by atoms with Crippen LogP contribution in [-0.2, 0) is 26.9 Å². The van der Waals surface area contributed by atoms with Crippen LogP contribution in [0.5, 0.6) is 0 Å². The molecule has 0 spiro atoms. The van der Waals surface area contributed by atoms with E-state index >= 15 is 0 Å². The van der Waals surface area contributed by atoms with E-state index < -0.39 is 9.84 Å². The predicted octanol–water partition coefficient (Wildman–Crippen LogP) is 3.96. The van der Waals surface area contributed by atoms with E-state index in [4.69, 9.17) is 0 Å². The number of nitrogens with zero attached hydrogens (tertiary/aromatic N) is 2. The molecule has 1 amide bonds. The Kier molecular flexibility index (Phi) is 5.37. The van der Waals surface area contributed by atoms with Crippen LogP contribution in [0.2, 0.25) is 0 Å². The van der Waals surface area contributed by atoms with Gasteiger partial charge in [0.15, 0.2) is 9.84 Å². The number of aromatic nitrogens is 2. The van der Waals surface area contributed by atoms with Crippen molar-refractivity contribution >= 4 is 32.3 Å². The fourth-order valence-electron chi connectivity index (χ4n) is 3.37. The SMILES string of the molecule is Cc1ccc(CS(=O)(=O)c2cn(CC(=O)Nc3cccnc3)c3ccccc23)cc1. The Bertz CT molecular complexity index is 1290. The molecule has 4 rings (SSSR count). The largest absolute Gasteiger partial charge is 0.337 e. The molecule has 1 N–H and O–H groups in total. The van der Waals surface area contributed by atoms with E-state index in [2.05, 4.69) is 10.3 Å². The number of carbonyl (C=O) groups excluding carboxylic acids is 1. The van der Waals surface area contributed by atoms with Crippen molar-refractivity contribution in [3.05, 3.63) is 90.4 Å². The maximum atomic E-state index is 13.2. The van der Waals surface area contributed by atoms with Crippen LogP contribution in [-0.4, -0.2) is 23.9 Å². The van der Waals surface area contributed by atoms with Crippen molar-refractivity contribution in [2.45, 2.75) is 24.1 Å². The van der Waals surface area contributed by atoms with Crippen LogP contribution in [0.4, 0.5) is 5.69 Å². The molecule has 0 fully saturated rings. The highest BCUT2D eigenvalue weighted by Crippen LogP contribution is 2.28. The summed E-state index contributed by atoms with van der Waals surface area (Å²) in [6.45, 7) is 1.96. The standard InChI is InChI=1S/C23H21N3O3S/c1-17-8-10-18(11-9-17)16-30(28,29)22-14-26(21-7-3-2-6-20(21)22)15-23(27)25-19-5-4-12-24-13-19/h2-14H,15-16H2,1H3,(H,25,27). The summed E-state index contributed by atoms with van der Waals surface area (Å²) in [6, 6.07) is 18.1. The molecule has 6 nitrogen and oxygen atoms in total. The fraction of sp³-hybridized carbons (Fsp3) is 0.130. The smallest absolute Gasteiger partial charge is 0.244 e. The lowest BCUT2D eigenvalue weighted by Crippen LogP contribution is -2.18. The van der Waals surface area contributed by atoms with Crippen molar-refractivity contribution in [1.82, 2.24) is 9.55 Å². The highest BCUT2D eigenvalue weighted by atomic mass is 32.2. The van der Waals surface area contributed by atoms with Gasteiger partial charge in [0.25, 0.3) is 0 Å². The van der Waals surface area contributed by atoms with Gasteiger partial charge in [-0.15, -0.1) is 0 Å². The third-order valence-corrected chi connectivity index (χ3v) is 6.53. The van der Waals surface area contributed by atoms with Gasteiger partial charge in [0.05, 0.1) is 22.5 Å². The van der Waals surface area contributed by atoms with E-state index in [0.29, 0.717) is 16.6 Å². The monoisotopic (exact) mass is 419 g/mol. The number of rotatable bonds is 6. The summed E-state index contributed by atoms with van der Waals surface area (Å²) in [7, 11) is -3.59. The first kappa shape index (κ1) is 19.8. The first-order valence-electron chi connectivity index (χ1n) is 9.48. The third-order valence-electron chi connectivity index (χ3n) is 4.82. The number of aryl methyl sites for hydroxylation is 1. The summed E-state index contributed by atoms with van der Waals surface area (Å²) in [5.74, 6) is -0.352. The Morgan fingerprint density at radius 2 is 1.80 bits per heavy atom. The van der Waals surface area contributed by atoms with Gasteiger partial charge in [-0.3, -0.25) is 9.78 Å². The molecule has 0 saturated carbocycles. The number of sulfone groups is 1. The summed E-state index contributed by atoms with van der Waals surface area (Å²) < 4.78 is 28.0. The first-order valence-corrected chi connectivity index (χ1v) is 11.1. The molecule has 2 aromatic heterocycles. The Balaban J connectivity index is 1.65. The van der Waals surface area contributed by atoms with Gasteiger partial charge in [0.2, 0.25) is 5.91 Å². The number of nitrogens with one attached hydrogen (secondary N) is 1. The minimum atomic E-state index is -3.59. The van der Waals surface area contributed by atoms with Gasteiger partial charge in [0, 0.05) is 23.3 Å². The molecular formula is C23H21N3O3S. The highest BCUT2D eigenvalue weighted by molar-refractivity contribution is 7.90. The summed E-state index contributed by atoms with van der Waals surface area (Å²) in [4.78, 5) is 16.7. The average molecular weight is 420 g/mol. The van der Waals surface area contributed by atoms with Crippen molar-refractivity contribution in [2.75, 3.05) is 5.32 Å². The number of amides is 1. The van der Waals surface area contributed by atoms with Gasteiger partial charge in [0.1, 0.15) is 6.54 Å². The maximum Gasteiger partial charge on any atom is 0.244 e. The van der Waals surface area contributed by atoms with Crippen molar-refractivity contribution in [2.24, 2.45) is 0 Å². The zero-order valence-electron chi connectivity index (χ0n) is 16.4. The molecule has 0 aliphatic heterocycles. The summed E-state index contributed by atoms with van der Waals surface area (Å²) in [6.07, 6.45) is 4.74. The van der Waals surface area contributed by atoms with Crippen LogP contribution in [0, 0.1) is 6.92 Å². The summed E-state index contributed by atoms with van der Waals surface area (Å²) in [5, 5.41) is 3.39. The van der Waals surface area contributed by atoms with Gasteiger partial charge in [-0.25, -0.2) is 8.42 Å². The van der Waals surface area contributed by atoms with Gasteiger partial charge in [-0.05, 0) is 30.7 Å². The Morgan fingerprint density at radius 3 is 2.53 bits per heavy atom.